The van der Waals surface area contributed by atoms with Gasteiger partial charge in [-0.15, -0.1) is 0 Å². The van der Waals surface area contributed by atoms with Crippen LogP contribution in [0.2, 0.25) is 0 Å². The van der Waals surface area contributed by atoms with Gasteiger partial charge in [-0.3, -0.25) is 4.98 Å². The summed E-state index contributed by atoms with van der Waals surface area (Å²) >= 11 is 3.41. The maximum absolute atomic E-state index is 5.14. The van der Waals surface area contributed by atoms with Crippen molar-refractivity contribution in [3.8, 4) is 11.4 Å². The molecule has 14 heavy (non-hydrogen) atoms. The SMILES string of the molecule is CC(Br)c1cc(-c2ccccn2)no1. The lowest BCUT2D eigenvalue weighted by atomic mass is 10.2. The van der Waals surface area contributed by atoms with Crippen molar-refractivity contribution < 1.29 is 4.52 Å². The van der Waals surface area contributed by atoms with Gasteiger partial charge in [-0.2, -0.15) is 0 Å². The van der Waals surface area contributed by atoms with Crippen LogP contribution in [-0.2, 0) is 0 Å². The first-order valence-electron chi connectivity index (χ1n) is 4.29. The molecule has 2 rings (SSSR count). The van der Waals surface area contributed by atoms with Gasteiger partial charge in [-0.1, -0.05) is 27.2 Å². The Morgan fingerprint density at radius 1 is 1.36 bits per heavy atom. The Bertz CT molecular complexity index is 411. The molecule has 3 nitrogen and oxygen atoms in total. The fourth-order valence-corrected chi connectivity index (χ4v) is 1.33. The quantitative estimate of drug-likeness (QED) is 0.771. The minimum atomic E-state index is 0.174. The molecule has 0 N–H and O–H groups in total. The highest BCUT2D eigenvalue weighted by Crippen LogP contribution is 2.25. The molecule has 4 heteroatoms. The highest BCUT2D eigenvalue weighted by Gasteiger charge is 2.10. The van der Waals surface area contributed by atoms with Gasteiger partial charge in [0.05, 0.1) is 10.5 Å². The van der Waals surface area contributed by atoms with Crippen molar-refractivity contribution in [1.29, 1.82) is 0 Å². The van der Waals surface area contributed by atoms with Crippen molar-refractivity contribution in [2.45, 2.75) is 11.8 Å². The van der Waals surface area contributed by atoms with Crippen LogP contribution in [0.1, 0.15) is 17.5 Å². The van der Waals surface area contributed by atoms with E-state index < -0.39 is 0 Å². The van der Waals surface area contributed by atoms with Crippen molar-refractivity contribution in [2.75, 3.05) is 0 Å². The zero-order chi connectivity index (χ0) is 9.97. The van der Waals surface area contributed by atoms with Crippen LogP contribution in [0.4, 0.5) is 0 Å². The predicted octanol–water partition coefficient (Wildman–Crippen LogP) is 3.19. The highest BCUT2D eigenvalue weighted by molar-refractivity contribution is 9.09. The van der Waals surface area contributed by atoms with Gasteiger partial charge < -0.3 is 4.52 Å². The molecule has 0 amide bonds. The zero-order valence-electron chi connectivity index (χ0n) is 7.64. The predicted molar refractivity (Wildman–Crippen MR) is 57.1 cm³/mol. The first-order valence-corrected chi connectivity index (χ1v) is 5.21. The molecule has 2 aromatic heterocycles. The van der Waals surface area contributed by atoms with E-state index in [1.807, 2.05) is 31.2 Å². The molecule has 0 radical (unpaired) electrons. The van der Waals surface area contributed by atoms with Gasteiger partial charge in [-0.25, -0.2) is 0 Å². The second kappa shape index (κ2) is 3.92. The second-order valence-corrected chi connectivity index (χ2v) is 4.32. The number of alkyl halides is 1. The Labute approximate surface area is 90.3 Å². The summed E-state index contributed by atoms with van der Waals surface area (Å²) in [4.78, 5) is 4.36. The van der Waals surface area contributed by atoms with E-state index in [1.165, 1.54) is 0 Å². The number of rotatable bonds is 2. The second-order valence-electron chi connectivity index (χ2n) is 2.95. The van der Waals surface area contributed by atoms with E-state index in [0.717, 1.165) is 17.1 Å². The minimum Gasteiger partial charge on any atom is -0.360 e. The average Bonchev–Trinajstić information content (AvgIpc) is 2.68. The summed E-state index contributed by atoms with van der Waals surface area (Å²) in [5, 5.41) is 3.94. The third-order valence-corrected chi connectivity index (χ3v) is 2.30. The minimum absolute atomic E-state index is 0.174. The Morgan fingerprint density at radius 3 is 2.79 bits per heavy atom. The molecule has 2 heterocycles. The normalized spacial score (nSPS) is 12.7. The highest BCUT2D eigenvalue weighted by atomic mass is 79.9. The molecule has 1 unspecified atom stereocenters. The Hall–Kier alpha value is -1.16. The number of hydrogen-bond acceptors (Lipinski definition) is 3. The fraction of sp³-hybridized carbons (Fsp3) is 0.200. The third kappa shape index (κ3) is 1.85. The van der Waals surface area contributed by atoms with Crippen LogP contribution < -0.4 is 0 Å². The lowest BCUT2D eigenvalue weighted by Gasteiger charge is -1.92. The standard InChI is InChI=1S/C10H9BrN2O/c1-7(11)10-6-9(13-14-10)8-4-2-3-5-12-8/h2-7H,1H3. The summed E-state index contributed by atoms with van der Waals surface area (Å²) in [5.41, 5.74) is 1.60. The molecular formula is C10H9BrN2O. The number of aromatic nitrogens is 2. The van der Waals surface area contributed by atoms with Crippen LogP contribution in [-0.4, -0.2) is 10.1 Å². The number of nitrogens with zero attached hydrogens (tertiary/aromatic N) is 2. The zero-order valence-corrected chi connectivity index (χ0v) is 9.23. The first-order chi connectivity index (χ1) is 6.77. The van der Waals surface area contributed by atoms with Crippen molar-refractivity contribution in [3.63, 3.8) is 0 Å². The maximum Gasteiger partial charge on any atom is 0.150 e. The Kier molecular flexibility index (Phi) is 2.63. The molecule has 0 bridgehead atoms. The molecule has 0 aromatic carbocycles. The Balaban J connectivity index is 2.34. The van der Waals surface area contributed by atoms with E-state index >= 15 is 0 Å². The molecule has 0 aliphatic carbocycles. The molecule has 0 spiro atoms. The van der Waals surface area contributed by atoms with Crippen molar-refractivity contribution >= 4 is 15.9 Å². The van der Waals surface area contributed by atoms with E-state index in [1.54, 1.807) is 6.20 Å². The lowest BCUT2D eigenvalue weighted by Crippen LogP contribution is -1.80. The van der Waals surface area contributed by atoms with E-state index in [0.29, 0.717) is 0 Å². The summed E-state index contributed by atoms with van der Waals surface area (Å²) in [5.74, 6) is 0.811. The van der Waals surface area contributed by atoms with Crippen LogP contribution in [0.25, 0.3) is 11.4 Å². The molecule has 1 atom stereocenters. The fourth-order valence-electron chi connectivity index (χ4n) is 1.11. The van der Waals surface area contributed by atoms with Crippen LogP contribution in [0.5, 0.6) is 0 Å². The van der Waals surface area contributed by atoms with E-state index in [9.17, 15) is 0 Å². The van der Waals surface area contributed by atoms with Crippen molar-refractivity contribution in [3.05, 3.63) is 36.2 Å². The van der Waals surface area contributed by atoms with Crippen molar-refractivity contribution in [2.24, 2.45) is 0 Å². The molecule has 0 aliphatic heterocycles. The molecular weight excluding hydrogens is 244 g/mol. The smallest absolute Gasteiger partial charge is 0.150 e. The lowest BCUT2D eigenvalue weighted by molar-refractivity contribution is 0.388. The topological polar surface area (TPSA) is 38.9 Å². The van der Waals surface area contributed by atoms with Gasteiger partial charge in [0, 0.05) is 12.3 Å². The Morgan fingerprint density at radius 2 is 2.21 bits per heavy atom. The molecule has 0 saturated carbocycles. The largest absolute Gasteiger partial charge is 0.360 e. The monoisotopic (exact) mass is 252 g/mol. The van der Waals surface area contributed by atoms with Gasteiger partial charge in [-0.05, 0) is 19.1 Å². The molecule has 0 fully saturated rings. The van der Waals surface area contributed by atoms with E-state index in [4.69, 9.17) is 4.52 Å². The molecule has 2 aromatic rings. The molecule has 0 saturated heterocycles. The molecule has 0 aliphatic rings. The summed E-state index contributed by atoms with van der Waals surface area (Å²) < 4.78 is 5.14. The van der Waals surface area contributed by atoms with Crippen LogP contribution in [0.15, 0.2) is 35.0 Å². The van der Waals surface area contributed by atoms with Gasteiger partial charge in [0.2, 0.25) is 0 Å². The van der Waals surface area contributed by atoms with Crippen LogP contribution in [0, 0.1) is 0 Å². The van der Waals surface area contributed by atoms with Gasteiger partial charge >= 0.3 is 0 Å². The third-order valence-electron chi connectivity index (χ3n) is 1.85. The summed E-state index contributed by atoms with van der Waals surface area (Å²) in [6.07, 6.45) is 1.74. The number of pyridine rings is 1. The molecule has 72 valence electrons. The van der Waals surface area contributed by atoms with Gasteiger partial charge in [0.25, 0.3) is 0 Å². The first kappa shape index (κ1) is 9.40. The van der Waals surface area contributed by atoms with Crippen LogP contribution in [0.3, 0.4) is 0 Å². The summed E-state index contributed by atoms with van der Waals surface area (Å²) in [6.45, 7) is 1.99. The van der Waals surface area contributed by atoms with Gasteiger partial charge in [0.1, 0.15) is 5.69 Å². The van der Waals surface area contributed by atoms with E-state index in [2.05, 4.69) is 26.1 Å². The summed E-state index contributed by atoms with van der Waals surface area (Å²) in [6, 6.07) is 7.59. The number of hydrogen-bond donors (Lipinski definition) is 0. The summed E-state index contributed by atoms with van der Waals surface area (Å²) in [7, 11) is 0. The van der Waals surface area contributed by atoms with Crippen molar-refractivity contribution in [1.82, 2.24) is 10.1 Å². The average molecular weight is 253 g/mol. The van der Waals surface area contributed by atoms with Crippen LogP contribution >= 0.6 is 15.9 Å². The van der Waals surface area contributed by atoms with E-state index in [-0.39, 0.29) is 4.83 Å². The maximum atomic E-state index is 5.14. The number of halogens is 1. The van der Waals surface area contributed by atoms with Gasteiger partial charge in [0.15, 0.2) is 5.76 Å².